The van der Waals surface area contributed by atoms with Gasteiger partial charge in [-0.05, 0) is 23.8 Å². The summed E-state index contributed by atoms with van der Waals surface area (Å²) in [5, 5.41) is 0.753. The summed E-state index contributed by atoms with van der Waals surface area (Å²) in [6, 6.07) is 15.7. The Balaban J connectivity index is 1.61. The summed E-state index contributed by atoms with van der Waals surface area (Å²) in [6.07, 6.45) is -0.171. The quantitative estimate of drug-likeness (QED) is 0.634. The Morgan fingerprint density at radius 2 is 2.00 bits per heavy atom. The third-order valence-corrected chi connectivity index (χ3v) is 4.78. The second-order valence-electron chi connectivity index (χ2n) is 6.19. The van der Waals surface area contributed by atoms with Crippen molar-refractivity contribution in [3.8, 4) is 0 Å². The van der Waals surface area contributed by atoms with E-state index in [9.17, 15) is 9.18 Å². The van der Waals surface area contributed by atoms with Gasteiger partial charge in [-0.25, -0.2) is 9.37 Å². The molecule has 1 aliphatic heterocycles. The van der Waals surface area contributed by atoms with E-state index in [1.165, 1.54) is 12.1 Å². The first-order valence-corrected chi connectivity index (χ1v) is 8.71. The van der Waals surface area contributed by atoms with Gasteiger partial charge in [-0.15, -0.1) is 0 Å². The van der Waals surface area contributed by atoms with Crippen molar-refractivity contribution in [2.24, 2.45) is 0 Å². The number of rotatable bonds is 2. The molecule has 3 aromatic rings. The number of benzene rings is 2. The van der Waals surface area contributed by atoms with E-state index in [0.717, 1.165) is 5.56 Å². The van der Waals surface area contributed by atoms with Gasteiger partial charge >= 0.3 is 0 Å². The van der Waals surface area contributed by atoms with Crippen LogP contribution in [0.5, 0.6) is 0 Å². The maximum atomic E-state index is 13.4. The maximum absolute atomic E-state index is 13.4. The molecular weight excluding hydrogens is 355 g/mol. The first kappa shape index (κ1) is 16.9. The Hall–Kier alpha value is -2.50. The smallest absolute Gasteiger partial charge is 0.257 e. The molecule has 1 aliphatic rings. The van der Waals surface area contributed by atoms with Crippen LogP contribution in [0.15, 0.2) is 54.6 Å². The maximum Gasteiger partial charge on any atom is 0.257 e. The second kappa shape index (κ2) is 7.02. The molecule has 0 aliphatic carbocycles. The Morgan fingerprint density at radius 1 is 1.19 bits per heavy atom. The van der Waals surface area contributed by atoms with E-state index in [1.807, 2.05) is 30.3 Å². The van der Waals surface area contributed by atoms with Crippen molar-refractivity contribution in [2.75, 3.05) is 19.7 Å². The summed E-state index contributed by atoms with van der Waals surface area (Å²) in [5.41, 5.74) is 1.78. The number of carbonyl (C=O) groups is 1. The molecule has 1 saturated heterocycles. The molecule has 0 radical (unpaired) electrons. The average molecular weight is 371 g/mol. The largest absolute Gasteiger partial charge is 0.370 e. The van der Waals surface area contributed by atoms with Crippen LogP contribution in [-0.4, -0.2) is 35.5 Å². The standard InChI is InChI=1S/C20H16ClFN2O2/c21-19-16(10-14-6-7-15(22)11-17(14)23-19)20(25)24-8-9-26-18(12-24)13-4-2-1-3-5-13/h1-7,10-11,18H,8-9,12H2. The van der Waals surface area contributed by atoms with E-state index in [2.05, 4.69) is 4.98 Å². The number of aromatic nitrogens is 1. The van der Waals surface area contributed by atoms with E-state index >= 15 is 0 Å². The summed E-state index contributed by atoms with van der Waals surface area (Å²) < 4.78 is 19.2. The Labute approximate surface area is 155 Å². The number of fused-ring (bicyclic) bond motifs is 1. The highest BCUT2D eigenvalue weighted by atomic mass is 35.5. The fraction of sp³-hybridized carbons (Fsp3) is 0.200. The number of pyridine rings is 1. The van der Waals surface area contributed by atoms with E-state index < -0.39 is 0 Å². The highest BCUT2D eigenvalue weighted by molar-refractivity contribution is 6.33. The van der Waals surface area contributed by atoms with Gasteiger partial charge in [-0.2, -0.15) is 0 Å². The highest BCUT2D eigenvalue weighted by Gasteiger charge is 2.27. The molecule has 4 nitrogen and oxygen atoms in total. The molecule has 0 saturated carbocycles. The zero-order chi connectivity index (χ0) is 18.1. The minimum Gasteiger partial charge on any atom is -0.370 e. The number of amides is 1. The van der Waals surface area contributed by atoms with Crippen molar-refractivity contribution >= 4 is 28.4 Å². The molecule has 0 N–H and O–H groups in total. The minimum atomic E-state index is -0.390. The van der Waals surface area contributed by atoms with Gasteiger partial charge in [0, 0.05) is 18.0 Å². The number of halogens is 2. The van der Waals surface area contributed by atoms with E-state index in [0.29, 0.717) is 36.2 Å². The Bertz CT molecular complexity index is 965. The molecule has 2 heterocycles. The second-order valence-corrected chi connectivity index (χ2v) is 6.54. The topological polar surface area (TPSA) is 42.4 Å². The van der Waals surface area contributed by atoms with Crippen LogP contribution in [0.25, 0.3) is 10.9 Å². The first-order valence-electron chi connectivity index (χ1n) is 8.33. The predicted molar refractivity (Wildman–Crippen MR) is 97.7 cm³/mol. The molecule has 1 unspecified atom stereocenters. The van der Waals surface area contributed by atoms with Crippen LogP contribution in [-0.2, 0) is 4.74 Å². The van der Waals surface area contributed by atoms with Crippen molar-refractivity contribution in [3.05, 3.63) is 76.7 Å². The predicted octanol–water partition coefficient (Wildman–Crippen LogP) is 4.24. The zero-order valence-corrected chi connectivity index (χ0v) is 14.6. The number of hydrogen-bond donors (Lipinski definition) is 0. The lowest BCUT2D eigenvalue weighted by molar-refractivity contribution is -0.0228. The van der Waals surface area contributed by atoms with Crippen LogP contribution in [0, 0.1) is 5.82 Å². The molecular formula is C20H16ClFN2O2. The molecule has 1 aromatic heterocycles. The lowest BCUT2D eigenvalue weighted by Crippen LogP contribution is -2.42. The fourth-order valence-corrected chi connectivity index (χ4v) is 3.37. The SMILES string of the molecule is O=C(c1cc2ccc(F)cc2nc1Cl)N1CCOC(c2ccccc2)C1. The minimum absolute atomic E-state index is 0.0795. The zero-order valence-electron chi connectivity index (χ0n) is 13.9. The van der Waals surface area contributed by atoms with Crippen LogP contribution in [0.2, 0.25) is 5.15 Å². The lowest BCUT2D eigenvalue weighted by atomic mass is 10.1. The molecule has 0 bridgehead atoms. The third kappa shape index (κ3) is 3.28. The molecule has 0 spiro atoms. The van der Waals surface area contributed by atoms with E-state index in [1.54, 1.807) is 17.0 Å². The summed E-state index contributed by atoms with van der Waals surface area (Å²) in [6.45, 7) is 1.38. The Kier molecular flexibility index (Phi) is 4.57. The van der Waals surface area contributed by atoms with Gasteiger partial charge in [-0.3, -0.25) is 4.79 Å². The molecule has 26 heavy (non-hydrogen) atoms. The monoisotopic (exact) mass is 370 g/mol. The lowest BCUT2D eigenvalue weighted by Gasteiger charge is -2.33. The molecule has 1 fully saturated rings. The van der Waals surface area contributed by atoms with Crippen LogP contribution in [0.1, 0.15) is 22.0 Å². The van der Waals surface area contributed by atoms with Gasteiger partial charge in [0.05, 0.1) is 24.2 Å². The number of carbonyl (C=O) groups excluding carboxylic acids is 1. The number of hydrogen-bond acceptors (Lipinski definition) is 3. The number of ether oxygens (including phenoxy) is 1. The molecule has 4 rings (SSSR count). The van der Waals surface area contributed by atoms with Gasteiger partial charge < -0.3 is 9.64 Å². The third-order valence-electron chi connectivity index (χ3n) is 4.49. The molecule has 1 atom stereocenters. The van der Waals surface area contributed by atoms with Gasteiger partial charge in [0.1, 0.15) is 17.1 Å². The molecule has 1 amide bonds. The van der Waals surface area contributed by atoms with Gasteiger partial charge in [-0.1, -0.05) is 41.9 Å². The molecule has 2 aromatic carbocycles. The van der Waals surface area contributed by atoms with Gasteiger partial charge in [0.15, 0.2) is 0 Å². The summed E-state index contributed by atoms with van der Waals surface area (Å²) in [4.78, 5) is 18.9. The number of morpholine rings is 1. The number of nitrogens with zero attached hydrogens (tertiary/aromatic N) is 2. The first-order chi connectivity index (χ1) is 12.6. The van der Waals surface area contributed by atoms with E-state index in [4.69, 9.17) is 16.3 Å². The summed E-state index contributed by atoms with van der Waals surface area (Å²) in [5.74, 6) is -0.586. The van der Waals surface area contributed by atoms with Crippen LogP contribution in [0.3, 0.4) is 0 Å². The van der Waals surface area contributed by atoms with Crippen LogP contribution < -0.4 is 0 Å². The van der Waals surface area contributed by atoms with Crippen LogP contribution >= 0.6 is 11.6 Å². The summed E-state index contributed by atoms with van der Waals surface area (Å²) >= 11 is 6.21. The van der Waals surface area contributed by atoms with Crippen molar-refractivity contribution in [1.29, 1.82) is 0 Å². The van der Waals surface area contributed by atoms with Crippen LogP contribution in [0.4, 0.5) is 4.39 Å². The normalized spacial score (nSPS) is 17.5. The van der Waals surface area contributed by atoms with Crippen molar-refractivity contribution in [3.63, 3.8) is 0 Å². The van der Waals surface area contributed by atoms with Gasteiger partial charge in [0.2, 0.25) is 0 Å². The highest BCUT2D eigenvalue weighted by Crippen LogP contribution is 2.26. The average Bonchev–Trinajstić information content (AvgIpc) is 2.67. The van der Waals surface area contributed by atoms with Crippen molar-refractivity contribution in [1.82, 2.24) is 9.88 Å². The Morgan fingerprint density at radius 3 is 2.81 bits per heavy atom. The molecule has 132 valence electrons. The summed E-state index contributed by atoms with van der Waals surface area (Å²) in [7, 11) is 0. The van der Waals surface area contributed by atoms with Crippen molar-refractivity contribution in [2.45, 2.75) is 6.10 Å². The molecule has 6 heteroatoms. The van der Waals surface area contributed by atoms with Crippen molar-refractivity contribution < 1.29 is 13.9 Å². The van der Waals surface area contributed by atoms with E-state index in [-0.39, 0.29) is 23.0 Å². The fourth-order valence-electron chi connectivity index (χ4n) is 3.14. The van der Waals surface area contributed by atoms with Gasteiger partial charge in [0.25, 0.3) is 5.91 Å².